The van der Waals surface area contributed by atoms with Crippen LogP contribution in [-0.4, -0.2) is 20.4 Å². The molecule has 1 heteroatoms. The second kappa shape index (κ2) is 4.56. The van der Waals surface area contributed by atoms with E-state index in [1.165, 1.54) is 12.8 Å². The molecule has 0 unspecified atom stereocenters. The van der Waals surface area contributed by atoms with Crippen LogP contribution in [0.2, 0.25) is 8.09 Å². The molecule has 0 spiro atoms. The molecule has 0 amide bonds. The Hall–Kier alpha value is 0.766. The van der Waals surface area contributed by atoms with Gasteiger partial charge in [-0.05, 0) is 0 Å². The Bertz CT molecular complexity index is 61.5. The van der Waals surface area contributed by atoms with Crippen molar-refractivity contribution >= 4 is 20.4 Å². The predicted octanol–water partition coefficient (Wildman–Crippen LogP) is 3.13. The lowest BCUT2D eigenvalue weighted by Crippen LogP contribution is -2.06. The third-order valence-electron chi connectivity index (χ3n) is 1.53. The third-order valence-corrected chi connectivity index (χ3v) is 3.88. The smallest absolute Gasteiger partial charge is 0.145 e. The van der Waals surface area contributed by atoms with E-state index < -0.39 is 0 Å². The number of unbranched alkanes of at least 4 members (excludes halogenated alkanes) is 1. The predicted molar refractivity (Wildman–Crippen MR) is 45.2 cm³/mol. The van der Waals surface area contributed by atoms with Gasteiger partial charge >= 0.3 is 20.4 Å². The van der Waals surface area contributed by atoms with Crippen molar-refractivity contribution in [2.45, 2.75) is 48.6 Å². The SMILES string of the molecule is CCC[CH2][Mg][C](C)(C)C. The molecule has 0 rings (SSSR count). The first-order chi connectivity index (χ1) is 4.06. The van der Waals surface area contributed by atoms with Crippen LogP contribution in [0.3, 0.4) is 0 Å². The second-order valence-corrected chi connectivity index (χ2v) is 7.35. The molecule has 0 saturated heterocycles. The van der Waals surface area contributed by atoms with E-state index in [1.54, 1.807) is 4.55 Å². The van der Waals surface area contributed by atoms with Crippen LogP contribution in [0.4, 0.5) is 0 Å². The normalized spacial score (nSPS) is 11.1. The zero-order chi connectivity index (χ0) is 7.33. The Labute approximate surface area is 69.1 Å². The molecule has 0 radical (unpaired) electrons. The van der Waals surface area contributed by atoms with Crippen LogP contribution in [0.1, 0.15) is 40.5 Å². The number of hydrogen-bond donors (Lipinski definition) is 0. The molecule has 0 aliphatic carbocycles. The zero-order valence-electron chi connectivity index (χ0n) is 7.33. The van der Waals surface area contributed by atoms with E-state index in [0.717, 1.165) is 0 Å². The summed E-state index contributed by atoms with van der Waals surface area (Å²) in [5, 5.41) is 0. The molecular weight excluding hydrogens is 120 g/mol. The quantitative estimate of drug-likeness (QED) is 0.415. The minimum Gasteiger partial charge on any atom is -0.145 e. The highest BCUT2D eigenvalue weighted by Gasteiger charge is 2.12. The summed E-state index contributed by atoms with van der Waals surface area (Å²) in [5.74, 6) is 0. The molecule has 0 N–H and O–H groups in total. The van der Waals surface area contributed by atoms with E-state index in [4.69, 9.17) is 0 Å². The topological polar surface area (TPSA) is 0 Å². The van der Waals surface area contributed by atoms with E-state index >= 15 is 0 Å². The largest absolute Gasteiger partial charge is 0.372 e. The summed E-state index contributed by atoms with van der Waals surface area (Å²) >= 11 is 0.239. The van der Waals surface area contributed by atoms with Crippen molar-refractivity contribution in [1.29, 1.82) is 0 Å². The van der Waals surface area contributed by atoms with Crippen LogP contribution < -0.4 is 0 Å². The maximum Gasteiger partial charge on any atom is 0.372 e. The summed E-state index contributed by atoms with van der Waals surface area (Å²) < 4.78 is 2.23. The van der Waals surface area contributed by atoms with Crippen LogP contribution in [0.5, 0.6) is 0 Å². The summed E-state index contributed by atoms with van der Waals surface area (Å²) in [6.07, 6.45) is 2.84. The third kappa shape index (κ3) is 8.77. The van der Waals surface area contributed by atoms with Gasteiger partial charge in [0, 0.05) is 0 Å². The van der Waals surface area contributed by atoms with Crippen molar-refractivity contribution in [1.82, 2.24) is 0 Å². The lowest BCUT2D eigenvalue weighted by atomic mass is 10.2. The molecule has 0 aromatic rings. The first kappa shape index (κ1) is 9.77. The highest BCUT2D eigenvalue weighted by Crippen LogP contribution is 2.22. The molecule has 0 aromatic carbocycles. The van der Waals surface area contributed by atoms with E-state index in [9.17, 15) is 0 Å². The van der Waals surface area contributed by atoms with Gasteiger partial charge in [-0.2, -0.15) is 0 Å². The van der Waals surface area contributed by atoms with Crippen LogP contribution in [0.25, 0.3) is 0 Å². The molecule has 52 valence electrons. The van der Waals surface area contributed by atoms with Crippen molar-refractivity contribution in [3.63, 3.8) is 0 Å². The minimum atomic E-state index is 0.239. The fraction of sp³-hybridized carbons (Fsp3) is 1.00. The summed E-state index contributed by atoms with van der Waals surface area (Å²) in [6.45, 7) is 9.38. The lowest BCUT2D eigenvalue weighted by molar-refractivity contribution is 0.738. The van der Waals surface area contributed by atoms with Crippen molar-refractivity contribution < 1.29 is 0 Å². The lowest BCUT2D eigenvalue weighted by Gasteiger charge is -2.15. The fourth-order valence-electron chi connectivity index (χ4n) is 0.905. The average Bonchev–Trinajstić information content (AvgIpc) is 1.63. The van der Waals surface area contributed by atoms with Crippen LogP contribution in [-0.2, 0) is 0 Å². The molecule has 9 heavy (non-hydrogen) atoms. The molecule has 0 atom stereocenters. The summed E-state index contributed by atoms with van der Waals surface area (Å²) in [7, 11) is 0. The van der Waals surface area contributed by atoms with Gasteiger partial charge in [-0.3, -0.25) is 0 Å². The van der Waals surface area contributed by atoms with Crippen molar-refractivity contribution in [3.8, 4) is 0 Å². The van der Waals surface area contributed by atoms with Gasteiger partial charge in [-0.25, -0.2) is 0 Å². The van der Waals surface area contributed by atoms with Crippen LogP contribution >= 0.6 is 0 Å². The Kier molecular flexibility index (Phi) is 4.95. The summed E-state index contributed by atoms with van der Waals surface area (Å²) in [5.41, 5.74) is 0. The maximum absolute atomic E-state index is 2.37. The van der Waals surface area contributed by atoms with Gasteiger partial charge in [0.2, 0.25) is 0 Å². The molecule has 0 aliphatic heterocycles. The molecule has 0 heterocycles. The molecular formula is C8H18Mg. The summed E-state index contributed by atoms with van der Waals surface area (Å²) in [6, 6.07) is 0. The van der Waals surface area contributed by atoms with E-state index in [1.807, 2.05) is 0 Å². The maximum atomic E-state index is 2.37. The highest BCUT2D eigenvalue weighted by molar-refractivity contribution is 6.39. The molecule has 0 aromatic heterocycles. The van der Waals surface area contributed by atoms with Gasteiger partial charge in [0.05, 0.1) is 0 Å². The standard InChI is InChI=1S/2C4H9.Mg/c1-4(2)3;1-3-4-2;/h1-3H3;1,3-4H2,2H3;. The first-order valence-corrected chi connectivity index (χ1v) is 5.77. The Morgan fingerprint density at radius 2 is 1.78 bits per heavy atom. The minimum absolute atomic E-state index is 0.239. The monoisotopic (exact) mass is 138 g/mol. The van der Waals surface area contributed by atoms with Crippen molar-refractivity contribution in [2.24, 2.45) is 0 Å². The van der Waals surface area contributed by atoms with Gasteiger partial charge in [-0.15, -0.1) is 8.09 Å². The Morgan fingerprint density at radius 3 is 2.11 bits per heavy atom. The molecule has 0 bridgehead atoms. The molecule has 0 fully saturated rings. The molecule has 0 aliphatic rings. The van der Waals surface area contributed by atoms with Gasteiger partial charge in [0.15, 0.2) is 0 Å². The fourth-order valence-corrected chi connectivity index (χ4v) is 2.72. The Balaban J connectivity index is 3.07. The van der Waals surface area contributed by atoms with Gasteiger partial charge in [-0.1, -0.05) is 40.5 Å². The van der Waals surface area contributed by atoms with Gasteiger partial charge < -0.3 is 0 Å². The average molecular weight is 139 g/mol. The van der Waals surface area contributed by atoms with Crippen LogP contribution in [0, 0.1) is 0 Å². The summed E-state index contributed by atoms with van der Waals surface area (Å²) in [4.78, 5) is 0. The van der Waals surface area contributed by atoms with Crippen molar-refractivity contribution in [2.75, 3.05) is 0 Å². The highest BCUT2D eigenvalue weighted by atomic mass is 24.5. The number of rotatable bonds is 3. The molecule has 0 saturated carbocycles. The Morgan fingerprint density at radius 1 is 1.22 bits per heavy atom. The van der Waals surface area contributed by atoms with Gasteiger partial charge in [0.25, 0.3) is 0 Å². The van der Waals surface area contributed by atoms with E-state index in [0.29, 0.717) is 3.54 Å². The van der Waals surface area contributed by atoms with Crippen LogP contribution in [0.15, 0.2) is 0 Å². The first-order valence-electron chi connectivity index (χ1n) is 4.06. The van der Waals surface area contributed by atoms with E-state index in [2.05, 4.69) is 27.7 Å². The van der Waals surface area contributed by atoms with Crippen molar-refractivity contribution in [3.05, 3.63) is 0 Å². The number of hydrogen-bond acceptors (Lipinski definition) is 0. The zero-order valence-corrected chi connectivity index (χ0v) is 8.74. The van der Waals surface area contributed by atoms with Gasteiger partial charge in [0.1, 0.15) is 0 Å². The molecule has 0 nitrogen and oxygen atoms in total. The van der Waals surface area contributed by atoms with E-state index in [-0.39, 0.29) is 20.4 Å². The second-order valence-electron chi connectivity index (χ2n) is 4.02.